The molecule has 0 bridgehead atoms. The summed E-state index contributed by atoms with van der Waals surface area (Å²) in [6.07, 6.45) is 0. The molecule has 1 atom stereocenters. The molecule has 19 heavy (non-hydrogen) atoms. The molecule has 1 aliphatic rings. The van der Waals surface area contributed by atoms with Gasteiger partial charge in [0.1, 0.15) is 0 Å². The first-order valence-corrected chi connectivity index (χ1v) is 6.79. The first-order valence-electron chi connectivity index (χ1n) is 6.79. The summed E-state index contributed by atoms with van der Waals surface area (Å²) in [4.78, 5) is 16.4. The maximum Gasteiger partial charge on any atom is 0.241 e. The molecule has 1 aliphatic heterocycles. The van der Waals surface area contributed by atoms with Gasteiger partial charge in [-0.25, -0.2) is 0 Å². The predicted molar refractivity (Wildman–Crippen MR) is 76.9 cm³/mol. The maximum atomic E-state index is 12.4. The number of piperazine rings is 1. The molecule has 104 valence electrons. The van der Waals surface area contributed by atoms with Gasteiger partial charge in [0.05, 0.1) is 6.04 Å². The van der Waals surface area contributed by atoms with Crippen molar-refractivity contribution in [3.63, 3.8) is 0 Å². The van der Waals surface area contributed by atoms with E-state index < -0.39 is 0 Å². The topological polar surface area (TPSA) is 35.6 Å². The van der Waals surface area contributed by atoms with E-state index in [0.29, 0.717) is 6.54 Å². The SMILES string of the molecule is Cc1ccccc1CN(C)C(=O)C1CN(C)CCN1. The Kier molecular flexibility index (Phi) is 4.56. The van der Waals surface area contributed by atoms with Crippen LogP contribution in [0.25, 0.3) is 0 Å². The maximum absolute atomic E-state index is 12.4. The molecule has 0 radical (unpaired) electrons. The summed E-state index contributed by atoms with van der Waals surface area (Å²) < 4.78 is 0. The van der Waals surface area contributed by atoms with Crippen molar-refractivity contribution in [1.82, 2.24) is 15.1 Å². The number of nitrogens with one attached hydrogen (secondary N) is 1. The molecule has 1 fully saturated rings. The highest BCUT2D eigenvalue weighted by atomic mass is 16.2. The lowest BCUT2D eigenvalue weighted by atomic mass is 10.1. The number of likely N-dealkylation sites (N-methyl/N-ethyl adjacent to an activating group) is 2. The van der Waals surface area contributed by atoms with Gasteiger partial charge in [-0.15, -0.1) is 0 Å². The molecule has 1 unspecified atom stereocenters. The predicted octanol–water partition coefficient (Wildman–Crippen LogP) is 0.857. The first kappa shape index (κ1) is 14.0. The van der Waals surface area contributed by atoms with E-state index in [1.54, 1.807) is 0 Å². The molecule has 0 saturated carbocycles. The number of nitrogens with zero attached hydrogens (tertiary/aromatic N) is 2. The lowest BCUT2D eigenvalue weighted by Gasteiger charge is -2.32. The van der Waals surface area contributed by atoms with Crippen LogP contribution in [0, 0.1) is 6.92 Å². The third-order valence-electron chi connectivity index (χ3n) is 3.72. The van der Waals surface area contributed by atoms with Crippen molar-refractivity contribution in [2.24, 2.45) is 0 Å². The minimum absolute atomic E-state index is 0.0761. The van der Waals surface area contributed by atoms with Crippen LogP contribution in [0.4, 0.5) is 0 Å². The molecule has 4 nitrogen and oxygen atoms in total. The second kappa shape index (κ2) is 6.17. The largest absolute Gasteiger partial charge is 0.340 e. The zero-order valence-electron chi connectivity index (χ0n) is 12.0. The fourth-order valence-electron chi connectivity index (χ4n) is 2.45. The molecule has 1 saturated heterocycles. The number of carbonyl (C=O) groups excluding carboxylic acids is 1. The van der Waals surface area contributed by atoms with E-state index in [2.05, 4.69) is 36.3 Å². The van der Waals surface area contributed by atoms with Crippen LogP contribution in [0.15, 0.2) is 24.3 Å². The fraction of sp³-hybridized carbons (Fsp3) is 0.533. The Morgan fingerprint density at radius 2 is 2.21 bits per heavy atom. The Bertz CT molecular complexity index is 447. The second-order valence-corrected chi connectivity index (χ2v) is 5.39. The molecule has 1 amide bonds. The normalized spacial score (nSPS) is 20.3. The number of benzene rings is 1. The minimum atomic E-state index is -0.0761. The molecule has 2 rings (SSSR count). The number of carbonyl (C=O) groups is 1. The van der Waals surface area contributed by atoms with E-state index in [1.807, 2.05) is 24.1 Å². The van der Waals surface area contributed by atoms with Crippen molar-refractivity contribution < 1.29 is 4.79 Å². The highest BCUT2D eigenvalue weighted by Crippen LogP contribution is 2.11. The van der Waals surface area contributed by atoms with Gasteiger partial charge in [-0.1, -0.05) is 24.3 Å². The summed E-state index contributed by atoms with van der Waals surface area (Å²) in [5.41, 5.74) is 2.44. The van der Waals surface area contributed by atoms with Crippen molar-refractivity contribution in [2.45, 2.75) is 19.5 Å². The molecule has 1 aromatic rings. The fourth-order valence-corrected chi connectivity index (χ4v) is 2.45. The van der Waals surface area contributed by atoms with Crippen LogP contribution in [0.5, 0.6) is 0 Å². The average molecular weight is 261 g/mol. The zero-order chi connectivity index (χ0) is 13.8. The Morgan fingerprint density at radius 1 is 1.47 bits per heavy atom. The zero-order valence-corrected chi connectivity index (χ0v) is 12.0. The van der Waals surface area contributed by atoms with Gasteiger partial charge in [0.2, 0.25) is 5.91 Å². The minimum Gasteiger partial charge on any atom is -0.340 e. The van der Waals surface area contributed by atoms with E-state index in [1.165, 1.54) is 11.1 Å². The van der Waals surface area contributed by atoms with E-state index in [4.69, 9.17) is 0 Å². The highest BCUT2D eigenvalue weighted by molar-refractivity contribution is 5.82. The molecular formula is C15H23N3O. The van der Waals surface area contributed by atoms with E-state index in [-0.39, 0.29) is 11.9 Å². The van der Waals surface area contributed by atoms with Gasteiger partial charge in [0.15, 0.2) is 0 Å². The van der Waals surface area contributed by atoms with Gasteiger partial charge < -0.3 is 15.1 Å². The second-order valence-electron chi connectivity index (χ2n) is 5.39. The third kappa shape index (κ3) is 3.55. The van der Waals surface area contributed by atoms with Crippen LogP contribution >= 0.6 is 0 Å². The molecule has 1 N–H and O–H groups in total. The molecule has 4 heteroatoms. The Hall–Kier alpha value is -1.39. The van der Waals surface area contributed by atoms with Gasteiger partial charge in [-0.3, -0.25) is 4.79 Å². The standard InChI is InChI=1S/C15H23N3O/c1-12-6-4-5-7-13(12)10-18(3)15(19)14-11-17(2)9-8-16-14/h4-7,14,16H,8-11H2,1-3H3. The molecule has 0 aromatic heterocycles. The lowest BCUT2D eigenvalue weighted by Crippen LogP contribution is -2.56. The lowest BCUT2D eigenvalue weighted by molar-refractivity contribution is -0.133. The van der Waals surface area contributed by atoms with E-state index >= 15 is 0 Å². The summed E-state index contributed by atoms with van der Waals surface area (Å²) in [7, 11) is 3.94. The number of hydrogen-bond donors (Lipinski definition) is 1. The van der Waals surface area contributed by atoms with Crippen molar-refractivity contribution in [3.05, 3.63) is 35.4 Å². The summed E-state index contributed by atoms with van der Waals surface area (Å²) in [5, 5.41) is 3.30. The smallest absolute Gasteiger partial charge is 0.241 e. The van der Waals surface area contributed by atoms with Gasteiger partial charge in [0, 0.05) is 33.2 Å². The Balaban J connectivity index is 1.97. The van der Waals surface area contributed by atoms with Crippen LogP contribution in [0.3, 0.4) is 0 Å². The quantitative estimate of drug-likeness (QED) is 0.876. The number of rotatable bonds is 3. The number of amides is 1. The van der Waals surface area contributed by atoms with E-state index in [0.717, 1.165) is 19.6 Å². The Labute approximate surface area is 115 Å². The molecule has 0 spiro atoms. The van der Waals surface area contributed by atoms with Crippen molar-refractivity contribution in [1.29, 1.82) is 0 Å². The van der Waals surface area contributed by atoms with E-state index in [9.17, 15) is 4.79 Å². The molecule has 0 aliphatic carbocycles. The summed E-state index contributed by atoms with van der Waals surface area (Å²) in [6.45, 7) is 5.43. The Morgan fingerprint density at radius 3 is 2.89 bits per heavy atom. The molecular weight excluding hydrogens is 238 g/mol. The van der Waals surface area contributed by atoms with Gasteiger partial charge in [-0.05, 0) is 25.1 Å². The van der Waals surface area contributed by atoms with Crippen LogP contribution in [-0.2, 0) is 11.3 Å². The summed E-state index contributed by atoms with van der Waals surface area (Å²) >= 11 is 0. The summed E-state index contributed by atoms with van der Waals surface area (Å²) in [6, 6.07) is 8.14. The van der Waals surface area contributed by atoms with Crippen molar-refractivity contribution in [3.8, 4) is 0 Å². The monoisotopic (exact) mass is 261 g/mol. The highest BCUT2D eigenvalue weighted by Gasteiger charge is 2.26. The molecule has 1 aromatic carbocycles. The van der Waals surface area contributed by atoms with Crippen LogP contribution in [0.2, 0.25) is 0 Å². The van der Waals surface area contributed by atoms with Gasteiger partial charge in [0.25, 0.3) is 0 Å². The van der Waals surface area contributed by atoms with Crippen LogP contribution < -0.4 is 5.32 Å². The van der Waals surface area contributed by atoms with Crippen LogP contribution in [-0.4, -0.2) is 55.5 Å². The van der Waals surface area contributed by atoms with Crippen LogP contribution in [0.1, 0.15) is 11.1 Å². The summed E-state index contributed by atoms with van der Waals surface area (Å²) in [5.74, 6) is 0.176. The van der Waals surface area contributed by atoms with Crippen molar-refractivity contribution in [2.75, 3.05) is 33.7 Å². The first-order chi connectivity index (χ1) is 9.08. The van der Waals surface area contributed by atoms with Gasteiger partial charge in [-0.2, -0.15) is 0 Å². The number of hydrogen-bond acceptors (Lipinski definition) is 3. The number of aryl methyl sites for hydroxylation is 1. The molecule has 1 heterocycles. The average Bonchev–Trinajstić information content (AvgIpc) is 2.40. The van der Waals surface area contributed by atoms with Gasteiger partial charge >= 0.3 is 0 Å². The van der Waals surface area contributed by atoms with Crippen molar-refractivity contribution >= 4 is 5.91 Å². The third-order valence-corrected chi connectivity index (χ3v) is 3.72.